The number of nitrogens with one attached hydrogen (secondary N) is 1. The van der Waals surface area contributed by atoms with E-state index in [0.29, 0.717) is 12.5 Å². The fraction of sp³-hybridized carbons (Fsp3) is 0.923. The summed E-state index contributed by atoms with van der Waals surface area (Å²) in [5.41, 5.74) is 5.59. The van der Waals surface area contributed by atoms with Gasteiger partial charge in [0.15, 0.2) is 0 Å². The van der Waals surface area contributed by atoms with E-state index in [9.17, 15) is 4.79 Å². The van der Waals surface area contributed by atoms with Crippen molar-refractivity contribution in [1.82, 2.24) is 5.32 Å². The van der Waals surface area contributed by atoms with Crippen LogP contribution in [0.2, 0.25) is 0 Å². The zero-order valence-corrected chi connectivity index (χ0v) is 11.3. The monoisotopic (exact) mass is 228 g/mol. The summed E-state index contributed by atoms with van der Waals surface area (Å²) in [7, 11) is 0. The minimum absolute atomic E-state index is 0.173. The first kappa shape index (κ1) is 15.4. The number of rotatable bonds is 8. The summed E-state index contributed by atoms with van der Waals surface area (Å²) in [4.78, 5) is 12.0. The molecule has 0 fully saturated rings. The van der Waals surface area contributed by atoms with Gasteiger partial charge >= 0.3 is 0 Å². The van der Waals surface area contributed by atoms with Gasteiger partial charge in [0.1, 0.15) is 0 Å². The van der Waals surface area contributed by atoms with Crippen LogP contribution in [0.15, 0.2) is 0 Å². The number of carbonyl (C=O) groups excluding carboxylic acids is 1. The largest absolute Gasteiger partial charge is 0.353 e. The Morgan fingerprint density at radius 3 is 2.38 bits per heavy atom. The molecule has 0 heterocycles. The molecule has 0 bridgehead atoms. The highest BCUT2D eigenvalue weighted by Gasteiger charge is 2.19. The van der Waals surface area contributed by atoms with Crippen molar-refractivity contribution < 1.29 is 4.79 Å². The number of carbonyl (C=O) groups is 1. The van der Waals surface area contributed by atoms with Crippen LogP contribution in [0.3, 0.4) is 0 Å². The van der Waals surface area contributed by atoms with Gasteiger partial charge in [0, 0.05) is 12.0 Å². The molecule has 0 aliphatic rings. The van der Waals surface area contributed by atoms with Gasteiger partial charge in [-0.3, -0.25) is 4.79 Å². The highest BCUT2D eigenvalue weighted by atomic mass is 16.1. The normalized spacial score (nSPS) is 16.6. The third-order valence-corrected chi connectivity index (χ3v) is 3.36. The zero-order chi connectivity index (χ0) is 12.6. The summed E-state index contributed by atoms with van der Waals surface area (Å²) in [6.07, 6.45) is 4.21. The first-order chi connectivity index (χ1) is 7.56. The summed E-state index contributed by atoms with van der Waals surface area (Å²) in [5, 5.41) is 3.07. The Kier molecular flexibility index (Phi) is 8.26. The Hall–Kier alpha value is -0.570. The second kappa shape index (κ2) is 8.57. The molecule has 0 saturated carbocycles. The van der Waals surface area contributed by atoms with Gasteiger partial charge in [0.05, 0.1) is 0 Å². The van der Waals surface area contributed by atoms with E-state index in [2.05, 4.69) is 26.1 Å². The molecule has 0 aromatic carbocycles. The standard InChI is InChI=1S/C13H28N2O/c1-5-7-8-12(6-2)13(16)15-11(4)10(3)9-14/h10-12H,5-9,14H2,1-4H3,(H,15,16). The van der Waals surface area contributed by atoms with E-state index in [4.69, 9.17) is 5.73 Å². The molecule has 3 nitrogen and oxygen atoms in total. The number of unbranched alkanes of at least 4 members (excludes halogenated alkanes) is 1. The third-order valence-electron chi connectivity index (χ3n) is 3.36. The topological polar surface area (TPSA) is 55.1 Å². The van der Waals surface area contributed by atoms with E-state index in [0.717, 1.165) is 25.7 Å². The second-order valence-corrected chi connectivity index (χ2v) is 4.76. The zero-order valence-electron chi connectivity index (χ0n) is 11.3. The highest BCUT2D eigenvalue weighted by Crippen LogP contribution is 2.13. The van der Waals surface area contributed by atoms with Crippen molar-refractivity contribution in [2.45, 2.75) is 59.4 Å². The average molecular weight is 228 g/mol. The molecule has 0 aliphatic carbocycles. The lowest BCUT2D eigenvalue weighted by atomic mass is 9.96. The van der Waals surface area contributed by atoms with Crippen molar-refractivity contribution in [1.29, 1.82) is 0 Å². The van der Waals surface area contributed by atoms with Gasteiger partial charge in [-0.1, -0.05) is 33.6 Å². The van der Waals surface area contributed by atoms with Gasteiger partial charge in [-0.15, -0.1) is 0 Å². The van der Waals surface area contributed by atoms with E-state index in [-0.39, 0.29) is 17.9 Å². The molecule has 0 aromatic rings. The molecule has 3 N–H and O–H groups in total. The molecule has 0 saturated heterocycles. The molecule has 3 heteroatoms. The highest BCUT2D eigenvalue weighted by molar-refractivity contribution is 5.78. The lowest BCUT2D eigenvalue weighted by Crippen LogP contribution is -2.42. The third kappa shape index (κ3) is 5.50. The Balaban J connectivity index is 4.09. The molecule has 3 unspecified atom stereocenters. The van der Waals surface area contributed by atoms with E-state index >= 15 is 0 Å². The van der Waals surface area contributed by atoms with Crippen molar-refractivity contribution >= 4 is 5.91 Å². The van der Waals surface area contributed by atoms with E-state index < -0.39 is 0 Å². The molecular weight excluding hydrogens is 200 g/mol. The number of nitrogens with two attached hydrogens (primary N) is 1. The van der Waals surface area contributed by atoms with Crippen LogP contribution >= 0.6 is 0 Å². The summed E-state index contributed by atoms with van der Waals surface area (Å²) in [6.45, 7) is 8.95. The maximum atomic E-state index is 12.0. The minimum atomic E-state index is 0.173. The molecule has 0 aromatic heterocycles. The Morgan fingerprint density at radius 2 is 1.94 bits per heavy atom. The Morgan fingerprint density at radius 1 is 1.31 bits per heavy atom. The van der Waals surface area contributed by atoms with Crippen LogP contribution in [0.5, 0.6) is 0 Å². The molecule has 1 amide bonds. The maximum absolute atomic E-state index is 12.0. The van der Waals surface area contributed by atoms with E-state index in [1.165, 1.54) is 0 Å². The summed E-state index contributed by atoms with van der Waals surface area (Å²) >= 11 is 0. The van der Waals surface area contributed by atoms with Gasteiger partial charge in [-0.05, 0) is 32.2 Å². The van der Waals surface area contributed by atoms with Crippen molar-refractivity contribution in [3.8, 4) is 0 Å². The summed E-state index contributed by atoms with van der Waals surface area (Å²) in [5.74, 6) is 0.712. The van der Waals surface area contributed by atoms with Crippen molar-refractivity contribution in [2.75, 3.05) is 6.54 Å². The molecule has 3 atom stereocenters. The maximum Gasteiger partial charge on any atom is 0.223 e. The van der Waals surface area contributed by atoms with Crippen molar-refractivity contribution in [2.24, 2.45) is 17.6 Å². The predicted octanol–water partition coefficient (Wildman–Crippen LogP) is 2.30. The first-order valence-electron chi connectivity index (χ1n) is 6.57. The molecule has 0 spiro atoms. The lowest BCUT2D eigenvalue weighted by Gasteiger charge is -2.23. The predicted molar refractivity (Wildman–Crippen MR) is 69.1 cm³/mol. The molecule has 0 aliphatic heterocycles. The molecular formula is C13H28N2O. The quantitative estimate of drug-likeness (QED) is 0.670. The molecule has 16 heavy (non-hydrogen) atoms. The second-order valence-electron chi connectivity index (χ2n) is 4.76. The lowest BCUT2D eigenvalue weighted by molar-refractivity contribution is -0.126. The van der Waals surface area contributed by atoms with Crippen LogP contribution in [0.4, 0.5) is 0 Å². The van der Waals surface area contributed by atoms with E-state index in [1.807, 2.05) is 6.92 Å². The van der Waals surface area contributed by atoms with E-state index in [1.54, 1.807) is 0 Å². The fourth-order valence-corrected chi connectivity index (χ4v) is 1.66. The van der Waals surface area contributed by atoms with Gasteiger partial charge in [-0.25, -0.2) is 0 Å². The fourth-order valence-electron chi connectivity index (χ4n) is 1.66. The van der Waals surface area contributed by atoms with Crippen molar-refractivity contribution in [3.05, 3.63) is 0 Å². The van der Waals surface area contributed by atoms with Crippen LogP contribution in [-0.4, -0.2) is 18.5 Å². The Bertz CT molecular complexity index is 194. The number of hydrogen-bond acceptors (Lipinski definition) is 2. The SMILES string of the molecule is CCCCC(CC)C(=O)NC(C)C(C)CN. The summed E-state index contributed by atoms with van der Waals surface area (Å²) in [6, 6.07) is 0.174. The number of amides is 1. The van der Waals surface area contributed by atoms with Crippen LogP contribution < -0.4 is 11.1 Å². The van der Waals surface area contributed by atoms with Gasteiger partial charge in [-0.2, -0.15) is 0 Å². The smallest absolute Gasteiger partial charge is 0.223 e. The van der Waals surface area contributed by atoms with Crippen LogP contribution in [0.25, 0.3) is 0 Å². The van der Waals surface area contributed by atoms with Gasteiger partial charge < -0.3 is 11.1 Å². The van der Waals surface area contributed by atoms with Crippen LogP contribution in [-0.2, 0) is 4.79 Å². The average Bonchev–Trinajstić information content (AvgIpc) is 2.28. The number of hydrogen-bond donors (Lipinski definition) is 2. The first-order valence-corrected chi connectivity index (χ1v) is 6.57. The van der Waals surface area contributed by atoms with Gasteiger partial charge in [0.25, 0.3) is 0 Å². The van der Waals surface area contributed by atoms with Crippen LogP contribution in [0, 0.1) is 11.8 Å². The van der Waals surface area contributed by atoms with Crippen molar-refractivity contribution in [3.63, 3.8) is 0 Å². The Labute approximate surface area is 100 Å². The van der Waals surface area contributed by atoms with Gasteiger partial charge in [0.2, 0.25) is 5.91 Å². The molecule has 96 valence electrons. The summed E-state index contributed by atoms with van der Waals surface area (Å²) < 4.78 is 0. The molecule has 0 radical (unpaired) electrons. The minimum Gasteiger partial charge on any atom is -0.353 e. The molecule has 0 rings (SSSR count). The van der Waals surface area contributed by atoms with Crippen LogP contribution in [0.1, 0.15) is 53.4 Å².